The van der Waals surface area contributed by atoms with Crippen LogP contribution in [-0.2, 0) is 4.79 Å². The molecule has 0 unspecified atom stereocenters. The van der Waals surface area contributed by atoms with E-state index in [1.165, 1.54) is 0 Å². The van der Waals surface area contributed by atoms with E-state index < -0.39 is 11.9 Å². The fourth-order valence-electron chi connectivity index (χ4n) is 0.667. The van der Waals surface area contributed by atoms with E-state index in [2.05, 4.69) is 35.9 Å². The molecule has 0 saturated carbocycles. The molecular formula is C4H2N8O3. The summed E-state index contributed by atoms with van der Waals surface area (Å²) >= 11 is 0. The second kappa shape index (κ2) is 3.57. The Labute approximate surface area is 80.6 Å². The molecule has 2 aromatic rings. The number of nitrogens with zero attached hydrogens (tertiary/aromatic N) is 8. The van der Waals surface area contributed by atoms with Crippen LogP contribution in [0.2, 0.25) is 0 Å². The minimum absolute atomic E-state index is 0.618. The van der Waals surface area contributed by atoms with Gasteiger partial charge in [0.25, 0.3) is 0 Å². The highest BCUT2D eigenvalue weighted by atomic mass is 16.7. The van der Waals surface area contributed by atoms with Gasteiger partial charge in [0.15, 0.2) is 6.33 Å². The smallest absolute Gasteiger partial charge is 0.305 e. The highest BCUT2D eigenvalue weighted by molar-refractivity contribution is 6.33. The Balaban J connectivity index is 2.06. The van der Waals surface area contributed by atoms with Crippen LogP contribution in [0.3, 0.4) is 0 Å². The number of carbonyl (C=O) groups excluding carboxylic acids is 2. The van der Waals surface area contributed by atoms with Crippen LogP contribution in [0.25, 0.3) is 0 Å². The number of rotatable bonds is 1. The summed E-state index contributed by atoms with van der Waals surface area (Å²) in [5, 5.41) is 19.2. The summed E-state index contributed by atoms with van der Waals surface area (Å²) < 4.78 is 0.618. The van der Waals surface area contributed by atoms with Gasteiger partial charge in [-0.25, -0.2) is 4.79 Å². The van der Waals surface area contributed by atoms with Gasteiger partial charge in [0.2, 0.25) is 0 Å². The third kappa shape index (κ3) is 1.79. The van der Waals surface area contributed by atoms with Crippen molar-refractivity contribution >= 4 is 11.9 Å². The van der Waals surface area contributed by atoms with Crippen LogP contribution in [-0.4, -0.2) is 52.5 Å². The Morgan fingerprint density at radius 1 is 1.07 bits per heavy atom. The molecule has 11 nitrogen and oxygen atoms in total. The van der Waals surface area contributed by atoms with E-state index in [-0.39, 0.29) is 0 Å². The van der Waals surface area contributed by atoms with Gasteiger partial charge in [-0.05, 0) is 20.9 Å². The average molecular weight is 210 g/mol. The molecule has 0 amide bonds. The van der Waals surface area contributed by atoms with Crippen molar-refractivity contribution in [2.24, 2.45) is 0 Å². The predicted octanol–water partition coefficient (Wildman–Crippen LogP) is -3.04. The molecule has 0 radical (unpaired) electrons. The summed E-state index contributed by atoms with van der Waals surface area (Å²) in [5.74, 6) is -2.27. The molecule has 0 bridgehead atoms. The second-order valence-electron chi connectivity index (χ2n) is 2.15. The first kappa shape index (κ1) is 8.86. The molecule has 2 rings (SSSR count). The van der Waals surface area contributed by atoms with Gasteiger partial charge < -0.3 is 4.84 Å². The summed E-state index contributed by atoms with van der Waals surface area (Å²) in [6.07, 6.45) is 1.97. The van der Waals surface area contributed by atoms with Crippen LogP contribution < -0.4 is 4.84 Å². The van der Waals surface area contributed by atoms with E-state index in [0.29, 0.717) is 9.53 Å². The van der Waals surface area contributed by atoms with Crippen LogP contribution >= 0.6 is 0 Å². The number of tetrazole rings is 2. The molecule has 76 valence electrons. The van der Waals surface area contributed by atoms with Crippen molar-refractivity contribution < 1.29 is 14.4 Å². The maximum Gasteiger partial charge on any atom is 0.425 e. The van der Waals surface area contributed by atoms with Gasteiger partial charge in [0.1, 0.15) is 6.33 Å². The van der Waals surface area contributed by atoms with E-state index >= 15 is 0 Å². The molecule has 0 saturated heterocycles. The molecule has 2 heterocycles. The van der Waals surface area contributed by atoms with Crippen LogP contribution in [0.1, 0.15) is 4.79 Å². The quantitative estimate of drug-likeness (QED) is 0.273. The van der Waals surface area contributed by atoms with Gasteiger partial charge in [-0.1, -0.05) is 4.85 Å². The zero-order valence-electron chi connectivity index (χ0n) is 6.96. The summed E-state index contributed by atoms with van der Waals surface area (Å²) in [4.78, 5) is 27.3. The van der Waals surface area contributed by atoms with E-state index in [9.17, 15) is 9.59 Å². The number of carbonyl (C=O) groups is 2. The largest absolute Gasteiger partial charge is 0.425 e. The summed E-state index contributed by atoms with van der Waals surface area (Å²) in [6.45, 7) is 0. The lowest BCUT2D eigenvalue weighted by Crippen LogP contribution is -2.32. The number of hydrogen-bond donors (Lipinski definition) is 0. The molecule has 0 aliphatic heterocycles. The Bertz CT molecular complexity index is 460. The van der Waals surface area contributed by atoms with Crippen molar-refractivity contribution in [2.75, 3.05) is 0 Å². The molecule has 0 N–H and O–H groups in total. The van der Waals surface area contributed by atoms with E-state index in [1.54, 1.807) is 0 Å². The Hall–Kier alpha value is -2.72. The molecule has 0 spiro atoms. The fraction of sp³-hybridized carbons (Fsp3) is 0. The minimum atomic E-state index is -1.21. The van der Waals surface area contributed by atoms with Gasteiger partial charge in [-0.3, -0.25) is 4.79 Å². The van der Waals surface area contributed by atoms with Crippen molar-refractivity contribution in [3.63, 3.8) is 0 Å². The normalized spacial score (nSPS) is 9.87. The van der Waals surface area contributed by atoms with Crippen LogP contribution in [0.4, 0.5) is 0 Å². The summed E-state index contributed by atoms with van der Waals surface area (Å²) in [7, 11) is 0. The third-order valence-electron chi connectivity index (χ3n) is 1.24. The molecule has 15 heavy (non-hydrogen) atoms. The van der Waals surface area contributed by atoms with Gasteiger partial charge in [0.05, 0.1) is 0 Å². The maximum atomic E-state index is 11.2. The van der Waals surface area contributed by atoms with Crippen LogP contribution in [0.5, 0.6) is 0 Å². The van der Waals surface area contributed by atoms with E-state index in [1.807, 2.05) is 0 Å². The SMILES string of the molecule is O=C(On1cnnn1)C(=O)n1cnnn1. The zero-order valence-corrected chi connectivity index (χ0v) is 6.96. The van der Waals surface area contributed by atoms with Crippen molar-refractivity contribution in [1.82, 2.24) is 40.6 Å². The molecule has 0 aliphatic carbocycles. The van der Waals surface area contributed by atoms with Gasteiger partial charge >= 0.3 is 11.9 Å². The summed E-state index contributed by atoms with van der Waals surface area (Å²) in [6, 6.07) is 0. The Kier molecular flexibility index (Phi) is 2.11. The van der Waals surface area contributed by atoms with Gasteiger partial charge in [-0.15, -0.1) is 10.2 Å². The molecule has 0 atom stereocenters. The lowest BCUT2D eigenvalue weighted by Gasteiger charge is -1.97. The second-order valence-corrected chi connectivity index (χ2v) is 2.15. The highest BCUT2D eigenvalue weighted by Gasteiger charge is 2.20. The predicted molar refractivity (Wildman–Crippen MR) is 37.8 cm³/mol. The number of aromatic nitrogens is 8. The molecule has 2 aromatic heterocycles. The number of hydrogen-bond acceptors (Lipinski definition) is 9. The van der Waals surface area contributed by atoms with Crippen LogP contribution in [0.15, 0.2) is 12.7 Å². The molecule has 0 fully saturated rings. The summed E-state index contributed by atoms with van der Waals surface area (Å²) in [5.41, 5.74) is 0. The molecular weight excluding hydrogens is 208 g/mol. The molecule has 0 aliphatic rings. The Morgan fingerprint density at radius 3 is 2.40 bits per heavy atom. The highest BCUT2D eigenvalue weighted by Crippen LogP contribution is 1.82. The third-order valence-corrected chi connectivity index (χ3v) is 1.24. The molecule has 11 heteroatoms. The first-order valence-electron chi connectivity index (χ1n) is 3.50. The lowest BCUT2D eigenvalue weighted by molar-refractivity contribution is -0.141. The topological polar surface area (TPSA) is 131 Å². The van der Waals surface area contributed by atoms with Crippen molar-refractivity contribution in [1.29, 1.82) is 0 Å². The van der Waals surface area contributed by atoms with E-state index in [0.717, 1.165) is 12.7 Å². The minimum Gasteiger partial charge on any atom is -0.305 e. The van der Waals surface area contributed by atoms with Crippen LogP contribution in [0, 0.1) is 0 Å². The van der Waals surface area contributed by atoms with Crippen molar-refractivity contribution in [3.05, 3.63) is 12.7 Å². The monoisotopic (exact) mass is 210 g/mol. The maximum absolute atomic E-state index is 11.2. The molecule has 0 aromatic carbocycles. The average Bonchev–Trinajstić information content (AvgIpc) is 2.88. The first-order valence-corrected chi connectivity index (χ1v) is 3.50. The lowest BCUT2D eigenvalue weighted by atomic mass is 10.6. The van der Waals surface area contributed by atoms with E-state index in [4.69, 9.17) is 0 Å². The van der Waals surface area contributed by atoms with Gasteiger partial charge in [-0.2, -0.15) is 4.68 Å². The standard InChI is InChI=1S/C4H2N8O3/c13-3(11-1-5-7-9-11)4(14)15-12-2-6-8-10-12/h1-2H. The first-order chi connectivity index (χ1) is 7.27. The van der Waals surface area contributed by atoms with Crippen molar-refractivity contribution in [3.8, 4) is 0 Å². The van der Waals surface area contributed by atoms with Gasteiger partial charge in [0, 0.05) is 0 Å². The zero-order chi connectivity index (χ0) is 10.7. The fourth-order valence-corrected chi connectivity index (χ4v) is 0.667. The van der Waals surface area contributed by atoms with Crippen molar-refractivity contribution in [2.45, 2.75) is 0 Å². The Morgan fingerprint density at radius 2 is 1.80 bits per heavy atom.